The van der Waals surface area contributed by atoms with Crippen molar-refractivity contribution in [2.24, 2.45) is 5.92 Å². The van der Waals surface area contributed by atoms with Crippen molar-refractivity contribution in [1.82, 2.24) is 5.32 Å². The molecular weight excluding hydrogens is 314 g/mol. The molecule has 110 valence electrons. The lowest BCUT2D eigenvalue weighted by atomic mass is 10.0. The van der Waals surface area contributed by atoms with Crippen LogP contribution in [0.1, 0.15) is 50.1 Å². The zero-order chi connectivity index (χ0) is 14.9. The highest BCUT2D eigenvalue weighted by atomic mass is 79.9. The number of hydrogen-bond donors (Lipinski definition) is 1. The number of rotatable bonds is 5. The van der Waals surface area contributed by atoms with E-state index in [2.05, 4.69) is 68.0 Å². The van der Waals surface area contributed by atoms with Crippen molar-refractivity contribution in [2.75, 3.05) is 6.54 Å². The first-order chi connectivity index (χ1) is 9.45. The van der Waals surface area contributed by atoms with E-state index in [0.29, 0.717) is 5.92 Å². The Balaban J connectivity index is 2.46. The normalized spacial score (nSPS) is 13.3. The van der Waals surface area contributed by atoms with E-state index in [1.807, 2.05) is 0 Å². The zero-order valence-corrected chi connectivity index (χ0v) is 14.6. The Labute approximate surface area is 130 Å². The highest BCUT2D eigenvalue weighted by Crippen LogP contribution is 2.34. The molecule has 0 saturated carbocycles. The number of hydrogen-bond acceptors (Lipinski definition) is 2. The Hall–Kier alpha value is -0.800. The Morgan fingerprint density at radius 1 is 1.25 bits per heavy atom. The number of furan rings is 1. The fraction of sp³-hybridized carbons (Fsp3) is 0.529. The van der Waals surface area contributed by atoms with Crippen LogP contribution in [0, 0.1) is 19.8 Å². The summed E-state index contributed by atoms with van der Waals surface area (Å²) < 4.78 is 7.30. The molecule has 0 amide bonds. The van der Waals surface area contributed by atoms with Crippen molar-refractivity contribution in [2.45, 2.75) is 47.1 Å². The number of benzene rings is 1. The van der Waals surface area contributed by atoms with Gasteiger partial charge >= 0.3 is 0 Å². The molecule has 0 aliphatic carbocycles. The summed E-state index contributed by atoms with van der Waals surface area (Å²) in [6.45, 7) is 11.9. The fourth-order valence-corrected chi connectivity index (χ4v) is 2.95. The molecule has 1 aromatic heterocycles. The van der Waals surface area contributed by atoms with Gasteiger partial charge in [0.1, 0.15) is 11.3 Å². The Bertz CT molecular complexity index is 601. The van der Waals surface area contributed by atoms with Crippen LogP contribution in [-0.2, 0) is 0 Å². The number of fused-ring (bicyclic) bond motifs is 1. The van der Waals surface area contributed by atoms with E-state index in [1.165, 1.54) is 21.0 Å². The summed E-state index contributed by atoms with van der Waals surface area (Å²) >= 11 is 3.66. The zero-order valence-electron chi connectivity index (χ0n) is 13.0. The van der Waals surface area contributed by atoms with E-state index in [4.69, 9.17) is 4.42 Å². The molecule has 2 nitrogen and oxygen atoms in total. The summed E-state index contributed by atoms with van der Waals surface area (Å²) in [6.07, 6.45) is 1.13. The Kier molecular flexibility index (Phi) is 4.92. The molecule has 0 radical (unpaired) electrons. The maximum atomic E-state index is 6.12. The third-order valence-corrected chi connectivity index (χ3v) is 5.01. The molecule has 0 fully saturated rings. The minimum absolute atomic E-state index is 0.279. The molecular formula is C17H24BrNO. The first-order valence-electron chi connectivity index (χ1n) is 7.38. The fourth-order valence-electron chi connectivity index (χ4n) is 2.62. The summed E-state index contributed by atoms with van der Waals surface area (Å²) in [5.41, 5.74) is 3.47. The highest BCUT2D eigenvalue weighted by Gasteiger charge is 2.20. The van der Waals surface area contributed by atoms with Crippen molar-refractivity contribution in [1.29, 1.82) is 0 Å². The molecule has 0 aliphatic heterocycles. The molecule has 2 aromatic rings. The third kappa shape index (κ3) is 2.94. The smallest absolute Gasteiger partial charge is 0.134 e. The van der Waals surface area contributed by atoms with E-state index in [9.17, 15) is 0 Å². The molecule has 20 heavy (non-hydrogen) atoms. The SMILES string of the molecule is CCCNC(c1cc2c(C)c(Br)c(C)cc2o1)C(C)C. The van der Waals surface area contributed by atoms with Crippen LogP contribution in [0.4, 0.5) is 0 Å². The second-order valence-corrected chi connectivity index (χ2v) is 6.66. The average molecular weight is 338 g/mol. The van der Waals surface area contributed by atoms with E-state index in [0.717, 1.165) is 24.3 Å². The molecule has 0 bridgehead atoms. The lowest BCUT2D eigenvalue weighted by molar-refractivity contribution is 0.351. The second kappa shape index (κ2) is 6.31. The molecule has 1 aromatic carbocycles. The summed E-state index contributed by atoms with van der Waals surface area (Å²) in [6, 6.07) is 4.59. The van der Waals surface area contributed by atoms with Gasteiger partial charge in [0.25, 0.3) is 0 Å². The first kappa shape index (κ1) is 15.6. The van der Waals surface area contributed by atoms with E-state index in [-0.39, 0.29) is 6.04 Å². The van der Waals surface area contributed by atoms with Gasteiger partial charge in [0.05, 0.1) is 6.04 Å². The minimum Gasteiger partial charge on any atom is -0.459 e. The maximum Gasteiger partial charge on any atom is 0.134 e. The van der Waals surface area contributed by atoms with E-state index in [1.54, 1.807) is 0 Å². The minimum atomic E-state index is 0.279. The van der Waals surface area contributed by atoms with Crippen molar-refractivity contribution in [3.63, 3.8) is 0 Å². The standard InChI is InChI=1S/C17H24BrNO/c1-6-7-19-17(10(2)3)15-9-13-12(5)16(18)11(4)8-14(13)20-15/h8-10,17,19H,6-7H2,1-5H3. The first-order valence-corrected chi connectivity index (χ1v) is 8.17. The third-order valence-electron chi connectivity index (χ3n) is 3.79. The predicted molar refractivity (Wildman–Crippen MR) is 89.3 cm³/mol. The van der Waals surface area contributed by atoms with Gasteiger partial charge in [-0.1, -0.05) is 36.7 Å². The average Bonchev–Trinajstić information content (AvgIpc) is 2.80. The largest absolute Gasteiger partial charge is 0.459 e. The van der Waals surface area contributed by atoms with Crippen molar-refractivity contribution in [3.8, 4) is 0 Å². The molecule has 0 saturated heterocycles. The molecule has 1 atom stereocenters. The van der Waals surface area contributed by atoms with Crippen molar-refractivity contribution >= 4 is 26.9 Å². The highest BCUT2D eigenvalue weighted by molar-refractivity contribution is 9.10. The molecule has 3 heteroatoms. The monoisotopic (exact) mass is 337 g/mol. The van der Waals surface area contributed by atoms with Gasteiger partial charge in [-0.3, -0.25) is 0 Å². The van der Waals surface area contributed by atoms with Crippen molar-refractivity contribution < 1.29 is 4.42 Å². The molecule has 1 heterocycles. The van der Waals surface area contributed by atoms with Gasteiger partial charge in [0, 0.05) is 9.86 Å². The molecule has 1 unspecified atom stereocenters. The van der Waals surface area contributed by atoms with Crippen LogP contribution < -0.4 is 5.32 Å². The van der Waals surface area contributed by atoms with E-state index < -0.39 is 0 Å². The topological polar surface area (TPSA) is 25.2 Å². The number of aryl methyl sites for hydroxylation is 2. The quantitative estimate of drug-likeness (QED) is 0.778. The summed E-state index contributed by atoms with van der Waals surface area (Å²) in [5.74, 6) is 1.55. The molecule has 0 spiro atoms. The van der Waals surface area contributed by atoms with Gasteiger partial charge in [0.15, 0.2) is 0 Å². The lowest BCUT2D eigenvalue weighted by Gasteiger charge is -2.19. The van der Waals surface area contributed by atoms with Crippen LogP contribution in [0.2, 0.25) is 0 Å². The van der Waals surface area contributed by atoms with Crippen LogP contribution in [-0.4, -0.2) is 6.54 Å². The van der Waals surface area contributed by atoms with E-state index >= 15 is 0 Å². The summed E-state index contributed by atoms with van der Waals surface area (Å²) in [5, 5.41) is 4.80. The van der Waals surface area contributed by atoms with Crippen LogP contribution in [0.5, 0.6) is 0 Å². The van der Waals surface area contributed by atoms with Gasteiger partial charge in [-0.25, -0.2) is 0 Å². The van der Waals surface area contributed by atoms with Crippen LogP contribution in [0.3, 0.4) is 0 Å². The summed E-state index contributed by atoms with van der Waals surface area (Å²) in [4.78, 5) is 0. The maximum absolute atomic E-state index is 6.12. The lowest BCUT2D eigenvalue weighted by Crippen LogP contribution is -2.25. The molecule has 0 aliphatic rings. The van der Waals surface area contributed by atoms with Crippen molar-refractivity contribution in [3.05, 3.63) is 33.5 Å². The summed E-state index contributed by atoms with van der Waals surface area (Å²) in [7, 11) is 0. The second-order valence-electron chi connectivity index (χ2n) is 5.87. The van der Waals surface area contributed by atoms with Gasteiger partial charge in [-0.15, -0.1) is 0 Å². The van der Waals surface area contributed by atoms with Gasteiger partial charge < -0.3 is 9.73 Å². The van der Waals surface area contributed by atoms with Crippen LogP contribution in [0.25, 0.3) is 11.0 Å². The number of nitrogens with one attached hydrogen (secondary N) is 1. The van der Waals surface area contributed by atoms with Gasteiger partial charge in [0.2, 0.25) is 0 Å². The van der Waals surface area contributed by atoms with Gasteiger partial charge in [-0.2, -0.15) is 0 Å². The number of halogens is 1. The van der Waals surface area contributed by atoms with Crippen LogP contribution in [0.15, 0.2) is 21.0 Å². The van der Waals surface area contributed by atoms with Gasteiger partial charge in [-0.05, 0) is 56.0 Å². The molecule has 1 N–H and O–H groups in total. The predicted octanol–water partition coefficient (Wildman–Crippen LogP) is 5.51. The Morgan fingerprint density at radius 2 is 1.95 bits per heavy atom. The Morgan fingerprint density at radius 3 is 2.55 bits per heavy atom. The van der Waals surface area contributed by atoms with Crippen LogP contribution >= 0.6 is 15.9 Å². The molecule has 2 rings (SSSR count).